The number of fused-ring (bicyclic) bond motifs is 8. The fourth-order valence-corrected chi connectivity index (χ4v) is 17.2. The maximum absolute atomic E-state index is 4.43. The Morgan fingerprint density at radius 2 is 1.53 bits per heavy atom. The molecule has 0 radical (unpaired) electrons. The molecule has 3 heterocycles. The van der Waals surface area contributed by atoms with Gasteiger partial charge in [-0.1, -0.05) is 126 Å². The van der Waals surface area contributed by atoms with Gasteiger partial charge in [0, 0.05) is 52.5 Å². The molecule has 2 N–H and O–H groups in total. The van der Waals surface area contributed by atoms with Crippen molar-refractivity contribution in [2.75, 3.05) is 0 Å². The molecule has 0 spiro atoms. The highest BCUT2D eigenvalue weighted by atomic mass is 15.4. The Labute approximate surface area is 365 Å². The molecule has 0 aromatic carbocycles. The fourth-order valence-electron chi connectivity index (χ4n) is 17.2. The number of nitrogens with zero attached hydrogens (tertiary/aromatic N) is 2. The first-order valence-electron chi connectivity index (χ1n) is 26.5. The first-order valence-corrected chi connectivity index (χ1v) is 26.5. The molecule has 0 bridgehead atoms. The van der Waals surface area contributed by atoms with Crippen molar-refractivity contribution in [1.82, 2.24) is 20.4 Å². The minimum absolute atomic E-state index is 0.113. The smallest absolute Gasteiger partial charge is 0.121 e. The summed E-state index contributed by atoms with van der Waals surface area (Å²) < 4.78 is 0. The highest BCUT2D eigenvalue weighted by Crippen LogP contribution is 2.60. The van der Waals surface area contributed by atoms with Crippen LogP contribution in [0.2, 0.25) is 0 Å². The van der Waals surface area contributed by atoms with E-state index >= 15 is 0 Å². The topological polar surface area (TPSA) is 30.5 Å². The normalized spacial score (nSPS) is 45.5. The molecule has 324 valence electrons. The SMILES string of the molecule is CC1CCCC2=C1NC(C1(C)C=CCCC1)C(N1C3=CC4C(C=C3C3C=CC=CC31)C1C3CCCCC3CCC1N4C1CC(C3CCCCC3)=CC(C3CCCCC3)C1)N2. The summed E-state index contributed by atoms with van der Waals surface area (Å²) in [5.41, 5.74) is 8.39. The van der Waals surface area contributed by atoms with Crippen LogP contribution in [0.4, 0.5) is 0 Å². The summed E-state index contributed by atoms with van der Waals surface area (Å²) in [6, 6.07) is 2.69. The van der Waals surface area contributed by atoms with Crippen molar-refractivity contribution in [1.29, 1.82) is 0 Å². The van der Waals surface area contributed by atoms with Gasteiger partial charge in [0.2, 0.25) is 0 Å². The van der Waals surface area contributed by atoms with Gasteiger partial charge in [0.1, 0.15) is 6.17 Å². The predicted molar refractivity (Wildman–Crippen MR) is 247 cm³/mol. The summed E-state index contributed by atoms with van der Waals surface area (Å²) in [6.45, 7) is 5.07. The summed E-state index contributed by atoms with van der Waals surface area (Å²) in [5, 5.41) is 8.84. The Hall–Kier alpha value is -2.46. The number of nitrogens with one attached hydrogen (secondary N) is 2. The second-order valence-electron chi connectivity index (χ2n) is 23.2. The van der Waals surface area contributed by atoms with Crippen molar-refractivity contribution < 1.29 is 0 Å². The van der Waals surface area contributed by atoms with Gasteiger partial charge >= 0.3 is 0 Å². The van der Waals surface area contributed by atoms with Crippen LogP contribution in [0.25, 0.3) is 0 Å². The molecular formula is C56H80N4. The van der Waals surface area contributed by atoms with Crippen molar-refractivity contribution in [3.8, 4) is 0 Å². The van der Waals surface area contributed by atoms with Gasteiger partial charge in [-0.05, 0) is 149 Å². The molecule has 4 saturated carbocycles. The van der Waals surface area contributed by atoms with E-state index in [1.807, 2.05) is 5.57 Å². The quantitative estimate of drug-likeness (QED) is 0.271. The van der Waals surface area contributed by atoms with Gasteiger partial charge in [-0.3, -0.25) is 4.90 Å². The average Bonchev–Trinajstić information content (AvgIpc) is 3.80. The molecule has 0 amide bonds. The summed E-state index contributed by atoms with van der Waals surface area (Å²) >= 11 is 0. The Bertz CT molecular complexity index is 1850. The van der Waals surface area contributed by atoms with Crippen molar-refractivity contribution in [2.24, 2.45) is 58.7 Å². The molecule has 9 aliphatic carbocycles. The Morgan fingerprint density at radius 1 is 0.733 bits per heavy atom. The third kappa shape index (κ3) is 6.57. The zero-order chi connectivity index (χ0) is 40.0. The van der Waals surface area contributed by atoms with Crippen LogP contribution in [-0.2, 0) is 0 Å². The molecule has 2 saturated heterocycles. The standard InChI is InChI=1S/C56H80N4/c1-36-17-16-25-47-53(36)58-54(56(2)29-14-5-15-30-56)55(57-47)60-48-26-13-12-24-44(48)45-34-46-51(35-50(45)60)59(49-28-27-39-22-10-11-23-43(39)52(46)49)42-32-40(37-18-6-3-7-19-37)31-41(33-42)38-20-8-4-9-21-38/h12-14,24,26,29,31,34-40,42-44,46,48-49,51-52,54-55,57-58H,3-11,15-23,25,27-28,30,32-33H2,1-2H3. The van der Waals surface area contributed by atoms with Crippen LogP contribution in [0.3, 0.4) is 0 Å². The van der Waals surface area contributed by atoms with E-state index in [1.54, 1.807) is 11.3 Å². The summed E-state index contributed by atoms with van der Waals surface area (Å²) in [5.74, 6) is 7.03. The summed E-state index contributed by atoms with van der Waals surface area (Å²) in [7, 11) is 0. The highest BCUT2D eigenvalue weighted by Gasteiger charge is 2.59. The average molecular weight is 809 g/mol. The lowest BCUT2D eigenvalue weighted by atomic mass is 9.60. The molecule has 12 rings (SSSR count). The lowest BCUT2D eigenvalue weighted by Gasteiger charge is -2.53. The largest absolute Gasteiger partial charge is 0.379 e. The predicted octanol–water partition coefficient (Wildman–Crippen LogP) is 12.7. The third-order valence-corrected chi connectivity index (χ3v) is 20.0. The number of likely N-dealkylation sites (tertiary alicyclic amines) is 2. The lowest BCUT2D eigenvalue weighted by Crippen LogP contribution is -2.66. The van der Waals surface area contributed by atoms with E-state index in [0.717, 1.165) is 41.5 Å². The van der Waals surface area contributed by atoms with Gasteiger partial charge in [0.05, 0.1) is 12.1 Å². The number of allylic oxidation sites excluding steroid dienone is 7. The minimum Gasteiger partial charge on any atom is -0.379 e. The molecular weight excluding hydrogens is 729 g/mol. The molecule has 0 aromatic heterocycles. The number of hydrogen-bond acceptors (Lipinski definition) is 4. The monoisotopic (exact) mass is 809 g/mol. The van der Waals surface area contributed by atoms with Gasteiger partial charge in [-0.25, -0.2) is 0 Å². The van der Waals surface area contributed by atoms with Crippen LogP contribution < -0.4 is 10.6 Å². The van der Waals surface area contributed by atoms with E-state index in [9.17, 15) is 0 Å². The first kappa shape index (κ1) is 39.2. The molecule has 4 heteroatoms. The van der Waals surface area contributed by atoms with E-state index in [2.05, 4.69) is 89.0 Å². The molecule has 60 heavy (non-hydrogen) atoms. The van der Waals surface area contributed by atoms with Gasteiger partial charge < -0.3 is 15.5 Å². The van der Waals surface area contributed by atoms with Crippen LogP contribution in [0, 0.1) is 58.7 Å². The van der Waals surface area contributed by atoms with Gasteiger partial charge in [-0.2, -0.15) is 0 Å². The summed E-state index contributed by atoms with van der Waals surface area (Å²) in [6.07, 6.45) is 58.2. The minimum atomic E-state index is 0.113. The van der Waals surface area contributed by atoms with Crippen molar-refractivity contribution in [3.05, 3.63) is 82.9 Å². The van der Waals surface area contributed by atoms with E-state index in [0.29, 0.717) is 41.9 Å². The van der Waals surface area contributed by atoms with Crippen molar-refractivity contribution >= 4 is 0 Å². The maximum Gasteiger partial charge on any atom is 0.121 e. The molecule has 4 nitrogen and oxygen atoms in total. The zero-order valence-electron chi connectivity index (χ0n) is 37.7. The van der Waals surface area contributed by atoms with Crippen molar-refractivity contribution in [3.63, 3.8) is 0 Å². The van der Waals surface area contributed by atoms with E-state index < -0.39 is 0 Å². The van der Waals surface area contributed by atoms with Crippen LogP contribution in [0.5, 0.6) is 0 Å². The van der Waals surface area contributed by atoms with Gasteiger partial charge in [0.15, 0.2) is 0 Å². The molecule has 3 aliphatic heterocycles. The zero-order valence-corrected chi connectivity index (χ0v) is 37.7. The van der Waals surface area contributed by atoms with Crippen LogP contribution in [0.1, 0.15) is 168 Å². The summed E-state index contributed by atoms with van der Waals surface area (Å²) in [4.78, 5) is 6.33. The first-order chi connectivity index (χ1) is 29.5. The van der Waals surface area contributed by atoms with E-state index in [-0.39, 0.29) is 11.6 Å². The van der Waals surface area contributed by atoms with Crippen LogP contribution in [-0.4, -0.2) is 46.2 Å². The van der Waals surface area contributed by atoms with Gasteiger partial charge in [-0.15, -0.1) is 0 Å². The van der Waals surface area contributed by atoms with E-state index in [1.165, 1.54) is 165 Å². The molecule has 14 atom stereocenters. The Morgan fingerprint density at radius 3 is 2.38 bits per heavy atom. The van der Waals surface area contributed by atoms with Crippen LogP contribution >= 0.6 is 0 Å². The lowest BCUT2D eigenvalue weighted by molar-refractivity contribution is 0.0275. The molecule has 12 aliphatic rings. The second-order valence-corrected chi connectivity index (χ2v) is 23.2. The van der Waals surface area contributed by atoms with Gasteiger partial charge in [0.25, 0.3) is 0 Å². The Balaban J connectivity index is 0.966. The fraction of sp³-hybridized carbons (Fsp3) is 0.750. The second kappa shape index (κ2) is 16.0. The van der Waals surface area contributed by atoms with Crippen molar-refractivity contribution in [2.45, 2.75) is 204 Å². The molecule has 0 aromatic rings. The van der Waals surface area contributed by atoms with E-state index in [4.69, 9.17) is 0 Å². The number of hydrogen-bond donors (Lipinski definition) is 2. The highest BCUT2D eigenvalue weighted by molar-refractivity contribution is 5.51. The van der Waals surface area contributed by atoms with Crippen LogP contribution in [0.15, 0.2) is 82.9 Å². The Kier molecular flexibility index (Phi) is 10.4. The third-order valence-electron chi connectivity index (χ3n) is 20.0. The number of rotatable bonds is 5. The molecule has 6 fully saturated rings. The maximum atomic E-state index is 4.43. The molecule has 14 unspecified atom stereocenters.